The second kappa shape index (κ2) is 9.06. The number of rotatable bonds is 4. The van der Waals surface area contributed by atoms with Crippen molar-refractivity contribution in [3.8, 4) is 23.2 Å². The summed E-state index contributed by atoms with van der Waals surface area (Å²) >= 11 is 0. The van der Waals surface area contributed by atoms with Crippen molar-refractivity contribution in [1.82, 2.24) is 9.55 Å². The van der Waals surface area contributed by atoms with Crippen LogP contribution in [-0.4, -0.2) is 33.8 Å². The van der Waals surface area contributed by atoms with E-state index in [4.69, 9.17) is 4.74 Å². The first-order valence-corrected chi connectivity index (χ1v) is 9.29. The van der Waals surface area contributed by atoms with Crippen molar-refractivity contribution in [2.75, 3.05) is 7.11 Å². The average molecular weight is 428 g/mol. The van der Waals surface area contributed by atoms with Crippen molar-refractivity contribution >= 4 is 5.97 Å². The zero-order chi connectivity index (χ0) is 22.6. The standard InChI is InChI=1S/C23H19F3N2O3/c1-15(29)8-9-17-12-18(22(30)31-2)10-11-19(17)21-27-20(23(24,25)26)14-28(21)13-16-6-4-3-5-7-16/h3-7,10-12,14-15,29H,13H2,1-2H3. The third-order valence-corrected chi connectivity index (χ3v) is 4.36. The Balaban J connectivity index is 2.19. The lowest BCUT2D eigenvalue weighted by Crippen LogP contribution is -2.05. The van der Waals surface area contributed by atoms with E-state index in [1.54, 1.807) is 24.3 Å². The third kappa shape index (κ3) is 5.32. The normalized spacial score (nSPS) is 12.1. The van der Waals surface area contributed by atoms with E-state index in [9.17, 15) is 23.1 Å². The van der Waals surface area contributed by atoms with E-state index < -0.39 is 23.9 Å². The van der Waals surface area contributed by atoms with Crippen LogP contribution >= 0.6 is 0 Å². The van der Waals surface area contributed by atoms with Gasteiger partial charge in [0.1, 0.15) is 11.9 Å². The maximum Gasteiger partial charge on any atom is 0.434 e. The minimum absolute atomic E-state index is 0.0440. The molecule has 160 valence electrons. The number of hydrogen-bond acceptors (Lipinski definition) is 4. The number of aliphatic hydroxyl groups excluding tert-OH is 1. The van der Waals surface area contributed by atoms with Crippen LogP contribution in [0.15, 0.2) is 54.7 Å². The molecular formula is C23H19F3N2O3. The molecule has 0 saturated carbocycles. The molecule has 0 aliphatic rings. The number of aliphatic hydroxyl groups is 1. The number of carbonyl (C=O) groups is 1. The van der Waals surface area contributed by atoms with Crippen molar-refractivity contribution in [3.63, 3.8) is 0 Å². The topological polar surface area (TPSA) is 64.3 Å². The number of benzene rings is 2. The fraction of sp³-hybridized carbons (Fsp3) is 0.217. The summed E-state index contributed by atoms with van der Waals surface area (Å²) < 4.78 is 46.3. The van der Waals surface area contributed by atoms with Gasteiger partial charge in [0.2, 0.25) is 0 Å². The molecule has 0 saturated heterocycles. The summed E-state index contributed by atoms with van der Waals surface area (Å²) in [6, 6.07) is 13.3. The quantitative estimate of drug-likeness (QED) is 0.501. The van der Waals surface area contributed by atoms with Gasteiger partial charge in [0.05, 0.1) is 12.7 Å². The van der Waals surface area contributed by atoms with Gasteiger partial charge in [0.25, 0.3) is 0 Å². The van der Waals surface area contributed by atoms with Crippen LogP contribution in [0, 0.1) is 11.8 Å². The Morgan fingerprint density at radius 1 is 1.23 bits per heavy atom. The monoisotopic (exact) mass is 428 g/mol. The minimum Gasteiger partial charge on any atom is -0.465 e. The molecule has 1 unspecified atom stereocenters. The average Bonchev–Trinajstić information content (AvgIpc) is 3.16. The second-order valence-electron chi connectivity index (χ2n) is 6.76. The van der Waals surface area contributed by atoms with Crippen LogP contribution in [0.4, 0.5) is 13.2 Å². The fourth-order valence-electron chi connectivity index (χ4n) is 2.94. The van der Waals surface area contributed by atoms with Gasteiger partial charge in [0.15, 0.2) is 5.69 Å². The molecule has 0 radical (unpaired) electrons. The Kier molecular flexibility index (Phi) is 6.47. The number of esters is 1. The zero-order valence-corrected chi connectivity index (χ0v) is 16.8. The Morgan fingerprint density at radius 3 is 2.55 bits per heavy atom. The van der Waals surface area contributed by atoms with Crippen LogP contribution in [0.2, 0.25) is 0 Å². The van der Waals surface area contributed by atoms with Gasteiger partial charge >= 0.3 is 12.1 Å². The molecule has 1 heterocycles. The van der Waals surface area contributed by atoms with Crippen molar-refractivity contribution in [2.24, 2.45) is 0 Å². The molecule has 1 atom stereocenters. The highest BCUT2D eigenvalue weighted by atomic mass is 19.4. The lowest BCUT2D eigenvalue weighted by molar-refractivity contribution is -0.140. The minimum atomic E-state index is -4.63. The first-order chi connectivity index (χ1) is 14.7. The molecule has 5 nitrogen and oxygen atoms in total. The van der Waals surface area contributed by atoms with E-state index in [1.165, 1.54) is 36.8 Å². The van der Waals surface area contributed by atoms with Crippen LogP contribution in [0.5, 0.6) is 0 Å². The van der Waals surface area contributed by atoms with E-state index in [-0.39, 0.29) is 23.5 Å². The van der Waals surface area contributed by atoms with Gasteiger partial charge in [-0.05, 0) is 30.7 Å². The largest absolute Gasteiger partial charge is 0.465 e. The first-order valence-electron chi connectivity index (χ1n) is 9.29. The lowest BCUT2D eigenvalue weighted by atomic mass is 10.0. The van der Waals surface area contributed by atoms with Gasteiger partial charge in [-0.25, -0.2) is 9.78 Å². The Bertz CT molecular complexity index is 1140. The molecular weight excluding hydrogens is 409 g/mol. The number of nitrogens with zero attached hydrogens (tertiary/aromatic N) is 2. The molecule has 0 aliphatic carbocycles. The van der Waals surface area contributed by atoms with Gasteiger partial charge in [-0.1, -0.05) is 42.2 Å². The van der Waals surface area contributed by atoms with Gasteiger partial charge in [0, 0.05) is 23.9 Å². The number of alkyl halides is 3. The number of halogens is 3. The molecule has 0 spiro atoms. The van der Waals surface area contributed by atoms with Crippen LogP contribution in [-0.2, 0) is 17.5 Å². The fourth-order valence-corrected chi connectivity index (χ4v) is 2.94. The number of hydrogen-bond donors (Lipinski definition) is 1. The highest BCUT2D eigenvalue weighted by Crippen LogP contribution is 2.32. The predicted molar refractivity (Wildman–Crippen MR) is 108 cm³/mol. The highest BCUT2D eigenvalue weighted by molar-refractivity contribution is 5.91. The van der Waals surface area contributed by atoms with Crippen LogP contribution in [0.1, 0.15) is 34.1 Å². The molecule has 8 heteroatoms. The number of carbonyl (C=O) groups excluding carboxylic acids is 1. The van der Waals surface area contributed by atoms with Crippen LogP contribution in [0.25, 0.3) is 11.4 Å². The van der Waals surface area contributed by atoms with Gasteiger partial charge in [-0.15, -0.1) is 0 Å². The van der Waals surface area contributed by atoms with Gasteiger partial charge < -0.3 is 14.4 Å². The summed E-state index contributed by atoms with van der Waals surface area (Å²) in [4.78, 5) is 15.7. The van der Waals surface area contributed by atoms with Crippen molar-refractivity contribution < 1.29 is 27.8 Å². The Morgan fingerprint density at radius 2 is 1.94 bits per heavy atom. The second-order valence-corrected chi connectivity index (χ2v) is 6.76. The predicted octanol–water partition coefficient (Wildman–Crippen LogP) is 4.14. The summed E-state index contributed by atoms with van der Waals surface area (Å²) in [6.45, 7) is 1.61. The maximum atomic E-state index is 13.4. The number of imidazole rings is 1. The van der Waals surface area contributed by atoms with Crippen LogP contribution in [0.3, 0.4) is 0 Å². The summed E-state index contributed by atoms with van der Waals surface area (Å²) in [6.07, 6.45) is -4.65. The summed E-state index contributed by atoms with van der Waals surface area (Å²) in [5, 5.41) is 9.53. The smallest absolute Gasteiger partial charge is 0.434 e. The lowest BCUT2D eigenvalue weighted by Gasteiger charge is -2.11. The first kappa shape index (κ1) is 22.1. The molecule has 3 aromatic rings. The van der Waals surface area contributed by atoms with E-state index in [1.807, 2.05) is 6.07 Å². The van der Waals surface area contributed by atoms with Gasteiger partial charge in [-0.3, -0.25) is 0 Å². The maximum absolute atomic E-state index is 13.4. The molecule has 0 bridgehead atoms. The molecule has 3 rings (SSSR count). The van der Waals surface area contributed by atoms with Crippen molar-refractivity contribution in [1.29, 1.82) is 0 Å². The SMILES string of the molecule is COC(=O)c1ccc(-c2nc(C(F)(F)F)cn2Cc2ccccc2)c(C#CC(C)O)c1. The van der Waals surface area contributed by atoms with E-state index >= 15 is 0 Å². The molecule has 31 heavy (non-hydrogen) atoms. The van der Waals surface area contributed by atoms with Crippen LogP contribution < -0.4 is 0 Å². The van der Waals surface area contributed by atoms with E-state index in [0.29, 0.717) is 5.56 Å². The summed E-state index contributed by atoms with van der Waals surface area (Å²) in [5.41, 5.74) is 0.477. The molecule has 2 aromatic carbocycles. The summed E-state index contributed by atoms with van der Waals surface area (Å²) in [7, 11) is 1.22. The molecule has 1 N–H and O–H groups in total. The Labute approximate surface area is 177 Å². The molecule has 0 fully saturated rings. The highest BCUT2D eigenvalue weighted by Gasteiger charge is 2.35. The zero-order valence-electron chi connectivity index (χ0n) is 16.8. The molecule has 1 aromatic heterocycles. The number of aromatic nitrogens is 2. The van der Waals surface area contributed by atoms with E-state index in [0.717, 1.165) is 11.8 Å². The molecule has 0 aliphatic heterocycles. The van der Waals surface area contributed by atoms with Crippen molar-refractivity contribution in [2.45, 2.75) is 25.7 Å². The summed E-state index contributed by atoms with van der Waals surface area (Å²) in [5.74, 6) is 4.71. The number of methoxy groups -OCH3 is 1. The third-order valence-electron chi connectivity index (χ3n) is 4.36. The van der Waals surface area contributed by atoms with Crippen molar-refractivity contribution in [3.05, 3.63) is 77.1 Å². The number of ether oxygens (including phenoxy) is 1. The van der Waals surface area contributed by atoms with Gasteiger partial charge in [-0.2, -0.15) is 13.2 Å². The molecule has 0 amide bonds. The van der Waals surface area contributed by atoms with E-state index in [2.05, 4.69) is 16.8 Å². The Hall–Kier alpha value is -3.57.